The number of amides is 1. The van der Waals surface area contributed by atoms with Crippen molar-refractivity contribution in [1.29, 1.82) is 0 Å². The maximum atomic E-state index is 13.3. The van der Waals surface area contributed by atoms with Crippen molar-refractivity contribution in [2.24, 2.45) is 0 Å². The fourth-order valence-corrected chi connectivity index (χ4v) is 7.26. The molecule has 2 aliphatic rings. The minimum atomic E-state index is -0.570. The number of methoxy groups -OCH3 is 1. The Kier molecular flexibility index (Phi) is 9.87. The second kappa shape index (κ2) is 14.2. The van der Waals surface area contributed by atoms with Gasteiger partial charge in [-0.1, -0.05) is 73.9 Å². The fraction of sp³-hybridized carbons (Fsp3) is 0.436. The Balaban J connectivity index is 1.45. The summed E-state index contributed by atoms with van der Waals surface area (Å²) >= 11 is 0. The number of benzene rings is 3. The normalized spacial score (nSPS) is 16.8. The van der Waals surface area contributed by atoms with Crippen molar-refractivity contribution in [3.63, 3.8) is 0 Å². The summed E-state index contributed by atoms with van der Waals surface area (Å²) in [7, 11) is 1.44. The molecule has 1 saturated carbocycles. The third-order valence-corrected chi connectivity index (χ3v) is 9.33. The van der Waals surface area contributed by atoms with Crippen LogP contribution < -0.4 is 10.1 Å². The lowest BCUT2D eigenvalue weighted by atomic mass is 9.81. The molecule has 6 rings (SSSR count). The van der Waals surface area contributed by atoms with Gasteiger partial charge in [-0.3, -0.25) is 4.90 Å². The number of alkyl carbamates (subject to hydrolysis) is 1. The molecule has 0 bridgehead atoms. The van der Waals surface area contributed by atoms with Crippen LogP contribution in [0.15, 0.2) is 72.8 Å². The first-order chi connectivity index (χ1) is 22.7. The topological polar surface area (TPSA) is 82.0 Å². The monoisotopic (exact) mass is 637 g/mol. The lowest BCUT2D eigenvalue weighted by Crippen LogP contribution is -2.46. The van der Waals surface area contributed by atoms with Gasteiger partial charge in [-0.15, -0.1) is 0 Å². The summed E-state index contributed by atoms with van der Waals surface area (Å²) in [5, 5.41) is 4.20. The average molecular weight is 638 g/mol. The number of rotatable bonds is 8. The molecule has 1 aliphatic carbocycles. The van der Waals surface area contributed by atoms with Crippen molar-refractivity contribution >= 4 is 23.0 Å². The molecule has 0 saturated heterocycles. The number of hydrogen-bond donors (Lipinski definition) is 1. The third kappa shape index (κ3) is 7.33. The van der Waals surface area contributed by atoms with E-state index in [9.17, 15) is 9.59 Å². The van der Waals surface area contributed by atoms with E-state index >= 15 is 0 Å². The van der Waals surface area contributed by atoms with Gasteiger partial charge < -0.3 is 24.1 Å². The number of aromatic nitrogens is 1. The molecule has 8 nitrogen and oxygen atoms in total. The van der Waals surface area contributed by atoms with Crippen molar-refractivity contribution in [3.05, 3.63) is 89.5 Å². The van der Waals surface area contributed by atoms with E-state index in [1.54, 1.807) is 0 Å². The van der Waals surface area contributed by atoms with Crippen LogP contribution in [-0.2, 0) is 22.6 Å². The predicted octanol–water partition coefficient (Wildman–Crippen LogP) is 7.93. The molecule has 1 aliphatic heterocycles. The van der Waals surface area contributed by atoms with Gasteiger partial charge in [0.05, 0.1) is 30.0 Å². The molecule has 1 atom stereocenters. The number of fused-ring (bicyclic) bond motifs is 5. The van der Waals surface area contributed by atoms with E-state index in [0.29, 0.717) is 50.0 Å². The highest BCUT2D eigenvalue weighted by atomic mass is 16.6. The minimum absolute atomic E-state index is 0.0423. The second-order valence-electron chi connectivity index (χ2n) is 13.7. The van der Waals surface area contributed by atoms with Crippen molar-refractivity contribution in [2.45, 2.75) is 83.5 Å². The maximum absolute atomic E-state index is 13.3. The molecule has 1 fully saturated rings. The average Bonchev–Trinajstić information content (AvgIpc) is 3.37. The second-order valence-corrected chi connectivity index (χ2v) is 13.7. The van der Waals surface area contributed by atoms with Gasteiger partial charge in [0.25, 0.3) is 0 Å². The van der Waals surface area contributed by atoms with Gasteiger partial charge in [0, 0.05) is 37.1 Å². The Morgan fingerprint density at radius 2 is 1.70 bits per heavy atom. The zero-order chi connectivity index (χ0) is 33.0. The summed E-state index contributed by atoms with van der Waals surface area (Å²) in [5.74, 6) is 0.706. The van der Waals surface area contributed by atoms with Gasteiger partial charge in [-0.2, -0.15) is 0 Å². The van der Waals surface area contributed by atoms with E-state index < -0.39 is 11.7 Å². The molecular formula is C39H47N3O5. The van der Waals surface area contributed by atoms with E-state index in [1.165, 1.54) is 42.9 Å². The molecule has 1 aromatic heterocycles. The summed E-state index contributed by atoms with van der Waals surface area (Å²) in [6, 6.07) is 24.7. The van der Waals surface area contributed by atoms with E-state index in [2.05, 4.69) is 63.3 Å². The first-order valence-electron chi connectivity index (χ1n) is 16.9. The quantitative estimate of drug-likeness (QED) is 0.198. The Labute approximate surface area is 278 Å². The van der Waals surface area contributed by atoms with E-state index in [0.717, 1.165) is 29.6 Å². The van der Waals surface area contributed by atoms with Crippen LogP contribution in [0.3, 0.4) is 0 Å². The van der Waals surface area contributed by atoms with Crippen LogP contribution in [0.2, 0.25) is 0 Å². The van der Waals surface area contributed by atoms with Crippen molar-refractivity contribution in [1.82, 2.24) is 14.8 Å². The molecular weight excluding hydrogens is 590 g/mol. The molecule has 1 N–H and O–H groups in total. The molecule has 8 heteroatoms. The Bertz CT molecular complexity index is 1700. The highest BCUT2D eigenvalue weighted by Crippen LogP contribution is 2.48. The largest absolute Gasteiger partial charge is 0.491 e. The van der Waals surface area contributed by atoms with Crippen LogP contribution in [0.4, 0.5) is 4.79 Å². The van der Waals surface area contributed by atoms with E-state index in [1.807, 2.05) is 45.0 Å². The first-order valence-corrected chi connectivity index (χ1v) is 16.9. The number of esters is 1. The van der Waals surface area contributed by atoms with Crippen LogP contribution >= 0.6 is 0 Å². The van der Waals surface area contributed by atoms with Crippen LogP contribution in [0.1, 0.15) is 80.3 Å². The summed E-state index contributed by atoms with van der Waals surface area (Å²) < 4.78 is 20.0. The molecule has 3 aromatic carbocycles. The van der Waals surface area contributed by atoms with Crippen LogP contribution in [0.5, 0.6) is 5.75 Å². The number of nitrogens with one attached hydrogen (secondary N) is 1. The number of hydrogen-bond acceptors (Lipinski definition) is 6. The fourth-order valence-electron chi connectivity index (χ4n) is 7.26. The van der Waals surface area contributed by atoms with E-state index in [-0.39, 0.29) is 12.0 Å². The van der Waals surface area contributed by atoms with Crippen molar-refractivity contribution in [3.8, 4) is 17.0 Å². The van der Waals surface area contributed by atoms with E-state index in [4.69, 9.17) is 14.2 Å². The third-order valence-electron chi connectivity index (χ3n) is 9.33. The number of para-hydroxylation sites is 1. The van der Waals surface area contributed by atoms with Gasteiger partial charge in [0.2, 0.25) is 0 Å². The minimum Gasteiger partial charge on any atom is -0.491 e. The zero-order valence-corrected chi connectivity index (χ0v) is 28.1. The molecule has 0 unspecified atom stereocenters. The highest BCUT2D eigenvalue weighted by Gasteiger charge is 2.34. The Morgan fingerprint density at radius 3 is 2.45 bits per heavy atom. The Hall–Kier alpha value is -4.30. The summed E-state index contributed by atoms with van der Waals surface area (Å²) in [4.78, 5) is 28.3. The number of carbonyl (C=O) groups excluding carboxylic acids is 2. The Morgan fingerprint density at radius 1 is 0.957 bits per heavy atom. The number of ether oxygens (including phenoxy) is 3. The highest BCUT2D eigenvalue weighted by molar-refractivity contribution is 6.02. The maximum Gasteiger partial charge on any atom is 0.407 e. The summed E-state index contributed by atoms with van der Waals surface area (Å²) in [6.45, 7) is 8.36. The molecule has 248 valence electrons. The molecule has 2 heterocycles. The summed E-state index contributed by atoms with van der Waals surface area (Å²) in [5.41, 5.74) is 5.48. The van der Waals surface area contributed by atoms with Gasteiger partial charge in [-0.25, -0.2) is 9.59 Å². The smallest absolute Gasteiger partial charge is 0.407 e. The van der Waals surface area contributed by atoms with Gasteiger partial charge in [0.15, 0.2) is 0 Å². The number of carbonyl (C=O) groups is 2. The first kappa shape index (κ1) is 32.6. The van der Waals surface area contributed by atoms with Crippen LogP contribution in [0, 0.1) is 0 Å². The predicted molar refractivity (Wildman–Crippen MR) is 185 cm³/mol. The van der Waals surface area contributed by atoms with Gasteiger partial charge in [0.1, 0.15) is 18.0 Å². The van der Waals surface area contributed by atoms with Crippen LogP contribution in [0.25, 0.3) is 22.2 Å². The van der Waals surface area contributed by atoms with Crippen molar-refractivity contribution < 1.29 is 23.8 Å². The standard InChI is InChI=1S/C39H47N3O5/c1-39(2,3)47-38(44)40-22-23-41(24-27-14-7-5-8-15-27)29-25-42-32-20-12-11-18-30(32)34(28-16-9-6-10-17-28)36(42)35-31(37(43)45-4)19-13-21-33(35)46-26-29/h5,7-8,11-15,18-21,28-29H,6,9-10,16-17,22-26H2,1-4H3,(H,40,44)/t29-/m1/s1. The van der Waals surface area contributed by atoms with Crippen molar-refractivity contribution in [2.75, 3.05) is 26.8 Å². The molecule has 1 amide bonds. The van der Waals surface area contributed by atoms with Gasteiger partial charge in [-0.05, 0) is 68.9 Å². The van der Waals surface area contributed by atoms with Crippen LogP contribution in [-0.4, -0.2) is 60.0 Å². The molecule has 0 spiro atoms. The SMILES string of the molecule is COC(=O)c1cccc2c1-c1c(C3CCCCC3)c3ccccc3n1C[C@@H](N(CCNC(=O)OC(C)(C)C)Cc1ccccc1)CO2. The lowest BCUT2D eigenvalue weighted by molar-refractivity contribution is 0.0508. The lowest BCUT2D eigenvalue weighted by Gasteiger charge is -2.35. The van der Waals surface area contributed by atoms with Gasteiger partial charge >= 0.3 is 12.1 Å². The molecule has 0 radical (unpaired) electrons. The zero-order valence-electron chi connectivity index (χ0n) is 28.1. The molecule has 47 heavy (non-hydrogen) atoms. The number of nitrogens with zero attached hydrogens (tertiary/aromatic N) is 2. The molecule has 4 aromatic rings. The summed E-state index contributed by atoms with van der Waals surface area (Å²) in [6.07, 6.45) is 5.47.